The van der Waals surface area contributed by atoms with Crippen molar-refractivity contribution in [3.8, 4) is 11.4 Å². The first-order valence-corrected chi connectivity index (χ1v) is 7.19. The van der Waals surface area contributed by atoms with Crippen LogP contribution in [0.2, 0.25) is 0 Å². The summed E-state index contributed by atoms with van der Waals surface area (Å²) in [5, 5.41) is 12.3. The predicted molar refractivity (Wildman–Crippen MR) is 81.8 cm³/mol. The molecule has 0 aliphatic rings. The number of benzene rings is 1. The Bertz CT molecular complexity index is 620. The van der Waals surface area contributed by atoms with Crippen molar-refractivity contribution in [2.24, 2.45) is 5.41 Å². The fourth-order valence-electron chi connectivity index (χ4n) is 1.81. The van der Waals surface area contributed by atoms with Crippen LogP contribution < -0.4 is 0 Å². The van der Waals surface area contributed by atoms with Gasteiger partial charge in [-0.15, -0.1) is 10.2 Å². The molecule has 1 heterocycles. The average Bonchev–Trinajstić information content (AvgIpc) is 2.86. The van der Waals surface area contributed by atoms with Crippen LogP contribution in [0.4, 0.5) is 0 Å². The van der Waals surface area contributed by atoms with E-state index in [1.54, 1.807) is 0 Å². The van der Waals surface area contributed by atoms with Crippen molar-refractivity contribution in [2.45, 2.75) is 47.1 Å². The fraction of sp³-hybridized carbons (Fsp3) is 0.500. The Morgan fingerprint density at radius 1 is 1.19 bits per heavy atom. The first-order chi connectivity index (χ1) is 9.77. The number of hydrogen-bond donors (Lipinski definition) is 0. The summed E-state index contributed by atoms with van der Waals surface area (Å²) in [5.74, 6) is 1.13. The third kappa shape index (κ3) is 3.74. The third-order valence-corrected chi connectivity index (χ3v) is 3.41. The zero-order chi connectivity index (χ0) is 15.6. The van der Waals surface area contributed by atoms with E-state index in [4.69, 9.17) is 0 Å². The van der Waals surface area contributed by atoms with Gasteiger partial charge in [0, 0.05) is 11.0 Å². The van der Waals surface area contributed by atoms with Gasteiger partial charge in [-0.2, -0.15) is 4.80 Å². The molecular formula is C16H22N4O. The number of hydrogen-bond acceptors (Lipinski definition) is 4. The number of Topliss-reactive ketones (excluding diaryl/α,β-unsaturated/α-hetero) is 1. The summed E-state index contributed by atoms with van der Waals surface area (Å²) >= 11 is 0. The normalized spacial score (nSPS) is 11.9. The maximum atomic E-state index is 12.0. The molecule has 2 rings (SSSR count). The van der Waals surface area contributed by atoms with E-state index in [9.17, 15) is 4.79 Å². The highest BCUT2D eigenvalue weighted by Gasteiger charge is 2.22. The topological polar surface area (TPSA) is 60.7 Å². The summed E-state index contributed by atoms with van der Waals surface area (Å²) in [6, 6.07) is 8.12. The van der Waals surface area contributed by atoms with Gasteiger partial charge in [-0.3, -0.25) is 4.79 Å². The Kier molecular flexibility index (Phi) is 4.21. The maximum absolute atomic E-state index is 12.0. The Labute approximate surface area is 125 Å². The highest BCUT2D eigenvalue weighted by atomic mass is 16.1. The third-order valence-electron chi connectivity index (χ3n) is 3.41. The Morgan fingerprint density at radius 3 is 2.33 bits per heavy atom. The van der Waals surface area contributed by atoms with E-state index in [1.165, 1.54) is 10.4 Å². The molecule has 0 radical (unpaired) electrons. The summed E-state index contributed by atoms with van der Waals surface area (Å²) in [4.78, 5) is 13.3. The molecule has 0 bridgehead atoms. The summed E-state index contributed by atoms with van der Waals surface area (Å²) in [7, 11) is 0. The molecule has 0 saturated heterocycles. The molecule has 0 N–H and O–H groups in total. The standard InChI is InChI=1S/C16H22N4O/c1-11(2)12-6-8-13(9-7-12)15-17-19-20(18-15)10-14(21)16(3,4)5/h6-9,11H,10H2,1-5H3. The molecular weight excluding hydrogens is 264 g/mol. The molecule has 1 aromatic heterocycles. The summed E-state index contributed by atoms with van der Waals surface area (Å²) in [5.41, 5.74) is 1.79. The molecule has 5 nitrogen and oxygen atoms in total. The van der Waals surface area contributed by atoms with E-state index in [0.717, 1.165) is 5.56 Å². The molecule has 1 aromatic carbocycles. The van der Waals surface area contributed by atoms with Gasteiger partial charge in [0.2, 0.25) is 5.82 Å². The van der Waals surface area contributed by atoms with Gasteiger partial charge in [0.05, 0.1) is 0 Å². The van der Waals surface area contributed by atoms with Gasteiger partial charge < -0.3 is 0 Å². The zero-order valence-electron chi connectivity index (χ0n) is 13.3. The summed E-state index contributed by atoms with van der Waals surface area (Å²) < 4.78 is 0. The van der Waals surface area contributed by atoms with Crippen LogP contribution in [0, 0.1) is 5.41 Å². The molecule has 0 atom stereocenters. The zero-order valence-corrected chi connectivity index (χ0v) is 13.3. The summed E-state index contributed by atoms with van der Waals surface area (Å²) in [6.07, 6.45) is 0. The van der Waals surface area contributed by atoms with Gasteiger partial charge in [0.15, 0.2) is 5.78 Å². The van der Waals surface area contributed by atoms with Crippen LogP contribution in [-0.4, -0.2) is 26.0 Å². The van der Waals surface area contributed by atoms with Crippen molar-refractivity contribution in [3.05, 3.63) is 29.8 Å². The molecule has 0 unspecified atom stereocenters. The highest BCUT2D eigenvalue weighted by Crippen LogP contribution is 2.20. The second kappa shape index (κ2) is 5.76. The quantitative estimate of drug-likeness (QED) is 0.866. The van der Waals surface area contributed by atoms with Crippen molar-refractivity contribution in [3.63, 3.8) is 0 Å². The van der Waals surface area contributed by atoms with Crippen LogP contribution in [0.25, 0.3) is 11.4 Å². The van der Waals surface area contributed by atoms with Crippen molar-refractivity contribution < 1.29 is 4.79 Å². The van der Waals surface area contributed by atoms with Gasteiger partial charge in [0.1, 0.15) is 6.54 Å². The maximum Gasteiger partial charge on any atom is 0.204 e. The highest BCUT2D eigenvalue weighted by molar-refractivity contribution is 5.83. The Balaban J connectivity index is 2.14. The minimum Gasteiger partial charge on any atom is -0.297 e. The molecule has 0 fully saturated rings. The average molecular weight is 286 g/mol. The van der Waals surface area contributed by atoms with Crippen molar-refractivity contribution in [2.75, 3.05) is 0 Å². The minimum atomic E-state index is -0.396. The largest absolute Gasteiger partial charge is 0.297 e. The molecule has 21 heavy (non-hydrogen) atoms. The second-order valence-corrected chi connectivity index (χ2v) is 6.59. The number of tetrazole rings is 1. The van der Waals surface area contributed by atoms with Crippen LogP contribution in [0.3, 0.4) is 0 Å². The van der Waals surface area contributed by atoms with Crippen LogP contribution in [0.1, 0.15) is 46.1 Å². The summed E-state index contributed by atoms with van der Waals surface area (Å²) in [6.45, 7) is 10.1. The number of carbonyl (C=O) groups is 1. The van der Waals surface area contributed by atoms with Gasteiger partial charge in [0.25, 0.3) is 0 Å². The molecule has 0 amide bonds. The monoisotopic (exact) mass is 286 g/mol. The predicted octanol–water partition coefficient (Wildman–Crippen LogP) is 3.08. The van der Waals surface area contributed by atoms with Gasteiger partial charge in [-0.05, 0) is 16.7 Å². The molecule has 0 saturated carbocycles. The van der Waals surface area contributed by atoms with E-state index in [2.05, 4.69) is 41.4 Å². The lowest BCUT2D eigenvalue weighted by atomic mass is 9.91. The van der Waals surface area contributed by atoms with E-state index >= 15 is 0 Å². The van der Waals surface area contributed by atoms with E-state index in [-0.39, 0.29) is 12.3 Å². The number of ketones is 1. The van der Waals surface area contributed by atoms with Crippen molar-refractivity contribution in [1.29, 1.82) is 0 Å². The number of rotatable bonds is 4. The molecule has 0 aliphatic carbocycles. The SMILES string of the molecule is CC(C)c1ccc(-c2nnn(CC(=O)C(C)(C)C)n2)cc1. The second-order valence-electron chi connectivity index (χ2n) is 6.59. The Morgan fingerprint density at radius 2 is 1.81 bits per heavy atom. The van der Waals surface area contributed by atoms with Gasteiger partial charge >= 0.3 is 0 Å². The van der Waals surface area contributed by atoms with E-state index < -0.39 is 5.41 Å². The van der Waals surface area contributed by atoms with Crippen LogP contribution in [0.15, 0.2) is 24.3 Å². The van der Waals surface area contributed by atoms with Crippen LogP contribution in [-0.2, 0) is 11.3 Å². The lowest BCUT2D eigenvalue weighted by Gasteiger charge is -2.15. The van der Waals surface area contributed by atoms with Crippen LogP contribution in [0.5, 0.6) is 0 Å². The number of aromatic nitrogens is 4. The molecule has 112 valence electrons. The molecule has 5 heteroatoms. The molecule has 0 aliphatic heterocycles. The first-order valence-electron chi connectivity index (χ1n) is 7.19. The van der Waals surface area contributed by atoms with Crippen molar-refractivity contribution >= 4 is 5.78 Å². The lowest BCUT2D eigenvalue weighted by molar-refractivity contribution is -0.127. The van der Waals surface area contributed by atoms with Crippen LogP contribution >= 0.6 is 0 Å². The first kappa shape index (κ1) is 15.4. The van der Waals surface area contributed by atoms with Crippen molar-refractivity contribution in [1.82, 2.24) is 20.2 Å². The van der Waals surface area contributed by atoms with Gasteiger partial charge in [-0.25, -0.2) is 0 Å². The molecule has 0 spiro atoms. The fourth-order valence-corrected chi connectivity index (χ4v) is 1.81. The molecule has 2 aromatic rings. The Hall–Kier alpha value is -2.04. The minimum absolute atomic E-state index is 0.0848. The van der Waals surface area contributed by atoms with E-state index in [1.807, 2.05) is 32.9 Å². The smallest absolute Gasteiger partial charge is 0.204 e. The lowest BCUT2D eigenvalue weighted by Crippen LogP contribution is -2.26. The number of nitrogens with zero attached hydrogens (tertiary/aromatic N) is 4. The number of carbonyl (C=O) groups excluding carboxylic acids is 1. The van der Waals surface area contributed by atoms with E-state index in [0.29, 0.717) is 11.7 Å². The van der Waals surface area contributed by atoms with Gasteiger partial charge in [-0.1, -0.05) is 58.9 Å².